The lowest BCUT2D eigenvalue weighted by atomic mass is 10.2. The van der Waals surface area contributed by atoms with Crippen LogP contribution in [0, 0.1) is 0 Å². The van der Waals surface area contributed by atoms with Crippen molar-refractivity contribution < 1.29 is 14.0 Å². The Hall–Kier alpha value is -1.18. The summed E-state index contributed by atoms with van der Waals surface area (Å²) < 4.78 is 14.8. The minimum absolute atomic E-state index is 0.379. The van der Waals surface area contributed by atoms with Crippen LogP contribution in [0.25, 0.3) is 6.08 Å². The third-order valence-corrected chi connectivity index (χ3v) is 1.67. The standard InChI is InChI=1S/C8H7O3P/c1-2-7-3-5-8(6-4-7)11-12(9)10/h2-6H,1H2/p+1. The first kappa shape index (κ1) is 8.91. The van der Waals surface area contributed by atoms with Gasteiger partial charge in [-0.2, -0.15) is 0 Å². The van der Waals surface area contributed by atoms with Crippen LogP contribution < -0.4 is 4.52 Å². The Labute approximate surface area is 71.3 Å². The van der Waals surface area contributed by atoms with Crippen LogP contribution >= 0.6 is 8.25 Å². The number of hydrogen-bond acceptors (Lipinski definition) is 2. The zero-order valence-corrected chi connectivity index (χ0v) is 7.20. The second-order valence-electron chi connectivity index (χ2n) is 2.10. The van der Waals surface area contributed by atoms with E-state index in [1.54, 1.807) is 30.3 Å². The summed E-state index contributed by atoms with van der Waals surface area (Å²) in [5.74, 6) is 0.379. The van der Waals surface area contributed by atoms with Gasteiger partial charge >= 0.3 is 8.25 Å². The first-order chi connectivity index (χ1) is 5.72. The highest BCUT2D eigenvalue weighted by molar-refractivity contribution is 7.32. The summed E-state index contributed by atoms with van der Waals surface area (Å²) >= 11 is 0. The van der Waals surface area contributed by atoms with E-state index in [2.05, 4.69) is 11.1 Å². The Balaban J connectivity index is 2.77. The third-order valence-electron chi connectivity index (χ3n) is 1.30. The maximum absolute atomic E-state index is 10.2. The maximum Gasteiger partial charge on any atom is 0.747 e. The second kappa shape index (κ2) is 4.00. The lowest BCUT2D eigenvalue weighted by Crippen LogP contribution is -1.79. The molecule has 62 valence electrons. The molecular formula is C8H8O3P+. The minimum Gasteiger partial charge on any atom is -0.229 e. The molecule has 4 heteroatoms. The molecule has 0 aromatic heterocycles. The van der Waals surface area contributed by atoms with Crippen molar-refractivity contribution in [2.75, 3.05) is 0 Å². The molecule has 0 saturated carbocycles. The van der Waals surface area contributed by atoms with Crippen molar-refractivity contribution in [1.29, 1.82) is 0 Å². The van der Waals surface area contributed by atoms with Crippen molar-refractivity contribution in [2.24, 2.45) is 0 Å². The molecule has 0 aliphatic carbocycles. The highest BCUT2D eigenvalue weighted by atomic mass is 31.1. The Morgan fingerprint density at radius 3 is 2.42 bits per heavy atom. The average molecular weight is 183 g/mol. The SMILES string of the molecule is C=Cc1ccc(O[P+](=O)O)cc1. The van der Waals surface area contributed by atoms with Crippen LogP contribution in [0.5, 0.6) is 5.75 Å². The minimum atomic E-state index is -2.57. The predicted molar refractivity (Wildman–Crippen MR) is 47.0 cm³/mol. The Kier molecular flexibility index (Phi) is 2.97. The van der Waals surface area contributed by atoms with E-state index in [0.717, 1.165) is 5.56 Å². The van der Waals surface area contributed by atoms with Gasteiger partial charge in [-0.1, -0.05) is 24.8 Å². The molecule has 1 aromatic carbocycles. The van der Waals surface area contributed by atoms with Crippen LogP contribution in [0.15, 0.2) is 30.8 Å². The highest BCUT2D eigenvalue weighted by Gasteiger charge is 2.12. The van der Waals surface area contributed by atoms with Crippen LogP contribution in [0.1, 0.15) is 5.56 Å². The fourth-order valence-corrected chi connectivity index (χ4v) is 1.06. The molecule has 1 atom stereocenters. The van der Waals surface area contributed by atoms with Crippen molar-refractivity contribution in [3.63, 3.8) is 0 Å². The maximum atomic E-state index is 10.2. The van der Waals surface area contributed by atoms with E-state index >= 15 is 0 Å². The van der Waals surface area contributed by atoms with E-state index in [0.29, 0.717) is 5.75 Å². The van der Waals surface area contributed by atoms with E-state index in [1.165, 1.54) is 0 Å². The summed E-state index contributed by atoms with van der Waals surface area (Å²) in [5, 5.41) is 0. The van der Waals surface area contributed by atoms with Gasteiger partial charge in [0.15, 0.2) is 5.75 Å². The van der Waals surface area contributed by atoms with E-state index in [9.17, 15) is 4.57 Å². The van der Waals surface area contributed by atoms with Crippen LogP contribution in [-0.2, 0) is 4.57 Å². The third kappa shape index (κ3) is 2.46. The van der Waals surface area contributed by atoms with Gasteiger partial charge in [0.2, 0.25) is 0 Å². The molecule has 0 saturated heterocycles. The molecule has 0 aliphatic heterocycles. The monoisotopic (exact) mass is 183 g/mol. The van der Waals surface area contributed by atoms with E-state index in [4.69, 9.17) is 4.89 Å². The summed E-state index contributed by atoms with van der Waals surface area (Å²) in [7, 11) is -2.57. The molecule has 3 nitrogen and oxygen atoms in total. The van der Waals surface area contributed by atoms with Gasteiger partial charge in [0.25, 0.3) is 0 Å². The van der Waals surface area contributed by atoms with Gasteiger partial charge < -0.3 is 0 Å². The van der Waals surface area contributed by atoms with Crippen molar-refractivity contribution in [3.8, 4) is 5.75 Å². The number of hydrogen-bond donors (Lipinski definition) is 1. The normalized spacial score (nSPS) is 10.6. The first-order valence-electron chi connectivity index (χ1n) is 3.29. The molecule has 12 heavy (non-hydrogen) atoms. The summed E-state index contributed by atoms with van der Waals surface area (Å²) in [6.45, 7) is 3.57. The molecule has 1 N–H and O–H groups in total. The summed E-state index contributed by atoms with van der Waals surface area (Å²) in [4.78, 5) is 8.40. The van der Waals surface area contributed by atoms with Crippen LogP contribution in [-0.4, -0.2) is 4.89 Å². The van der Waals surface area contributed by atoms with Crippen molar-refractivity contribution in [2.45, 2.75) is 0 Å². The zero-order valence-electron chi connectivity index (χ0n) is 6.30. The molecule has 1 rings (SSSR count). The lowest BCUT2D eigenvalue weighted by Gasteiger charge is -1.92. The van der Waals surface area contributed by atoms with Crippen molar-refractivity contribution >= 4 is 14.3 Å². The van der Waals surface area contributed by atoms with Gasteiger partial charge in [-0.3, -0.25) is 0 Å². The predicted octanol–water partition coefficient (Wildman–Crippen LogP) is 2.36. The number of rotatable bonds is 3. The smallest absolute Gasteiger partial charge is 0.229 e. The Morgan fingerprint density at radius 1 is 1.42 bits per heavy atom. The van der Waals surface area contributed by atoms with Gasteiger partial charge in [-0.25, -0.2) is 4.52 Å². The largest absolute Gasteiger partial charge is 0.747 e. The van der Waals surface area contributed by atoms with Gasteiger partial charge in [0, 0.05) is 4.57 Å². The number of benzene rings is 1. The molecule has 0 bridgehead atoms. The fraction of sp³-hybridized carbons (Fsp3) is 0. The second-order valence-corrected chi connectivity index (χ2v) is 2.76. The van der Waals surface area contributed by atoms with Crippen molar-refractivity contribution in [1.82, 2.24) is 0 Å². The van der Waals surface area contributed by atoms with E-state index in [-0.39, 0.29) is 0 Å². The van der Waals surface area contributed by atoms with Crippen LogP contribution in [0.3, 0.4) is 0 Å². The molecule has 0 spiro atoms. The summed E-state index contributed by atoms with van der Waals surface area (Å²) in [5.41, 5.74) is 0.940. The van der Waals surface area contributed by atoms with Gasteiger partial charge in [-0.15, -0.1) is 4.89 Å². The molecule has 0 heterocycles. The Bertz CT molecular complexity index is 292. The van der Waals surface area contributed by atoms with Crippen LogP contribution in [0.2, 0.25) is 0 Å². The summed E-state index contributed by atoms with van der Waals surface area (Å²) in [6.07, 6.45) is 1.68. The van der Waals surface area contributed by atoms with Crippen LogP contribution in [0.4, 0.5) is 0 Å². The molecular weight excluding hydrogens is 175 g/mol. The zero-order chi connectivity index (χ0) is 8.97. The molecule has 0 radical (unpaired) electrons. The fourth-order valence-electron chi connectivity index (χ4n) is 0.755. The molecule has 0 amide bonds. The molecule has 0 fully saturated rings. The first-order valence-corrected chi connectivity index (χ1v) is 4.42. The van der Waals surface area contributed by atoms with Gasteiger partial charge in [0.05, 0.1) is 0 Å². The lowest BCUT2D eigenvalue weighted by molar-refractivity contribution is 0.410. The van der Waals surface area contributed by atoms with Gasteiger partial charge in [-0.05, 0) is 17.7 Å². The van der Waals surface area contributed by atoms with Gasteiger partial charge in [0.1, 0.15) is 0 Å². The van der Waals surface area contributed by atoms with E-state index in [1.807, 2.05) is 0 Å². The topological polar surface area (TPSA) is 46.5 Å². The highest BCUT2D eigenvalue weighted by Crippen LogP contribution is 2.22. The average Bonchev–Trinajstić information content (AvgIpc) is 2.05. The molecule has 1 aromatic rings. The summed E-state index contributed by atoms with van der Waals surface area (Å²) in [6, 6.07) is 6.73. The molecule has 0 aliphatic rings. The quantitative estimate of drug-likeness (QED) is 0.731. The Morgan fingerprint density at radius 2 is 2.00 bits per heavy atom. The van der Waals surface area contributed by atoms with Crippen molar-refractivity contribution in [3.05, 3.63) is 36.4 Å². The van der Waals surface area contributed by atoms with E-state index < -0.39 is 8.25 Å². The molecule has 1 unspecified atom stereocenters.